The number of phenols is 1. The minimum atomic E-state index is -2.74. The Bertz CT molecular complexity index is 817. The lowest BCUT2D eigenvalue weighted by atomic mass is 10.1. The third-order valence-electron chi connectivity index (χ3n) is 3.14. The Balaban J connectivity index is 1.95. The molecule has 2 aromatic rings. The molecule has 1 aromatic heterocycles. The fraction of sp³-hybridized carbons (Fsp3) is 0.214. The summed E-state index contributed by atoms with van der Waals surface area (Å²) in [6, 6.07) is 4.95. The number of alkyl halides is 2. The highest BCUT2D eigenvalue weighted by Gasteiger charge is 2.25. The first kappa shape index (κ1) is 15.5. The first-order valence-electron chi connectivity index (χ1n) is 6.55. The van der Waals surface area contributed by atoms with E-state index in [0.717, 1.165) is 15.1 Å². The van der Waals surface area contributed by atoms with Crippen LogP contribution in [0.5, 0.6) is 11.5 Å². The van der Waals surface area contributed by atoms with E-state index in [4.69, 9.17) is 4.74 Å². The molecule has 6 nitrogen and oxygen atoms in total. The minimum Gasteiger partial charge on any atom is -0.504 e. The van der Waals surface area contributed by atoms with Gasteiger partial charge >= 0.3 is 0 Å². The van der Waals surface area contributed by atoms with E-state index in [2.05, 4.69) is 15.3 Å². The molecule has 0 atom stereocenters. The highest BCUT2D eigenvalue weighted by molar-refractivity contribution is 8.04. The fourth-order valence-corrected chi connectivity index (χ4v) is 2.91. The number of aromatic nitrogens is 3. The maximum atomic E-state index is 12.8. The lowest BCUT2D eigenvalue weighted by Gasteiger charge is -2.14. The van der Waals surface area contributed by atoms with Gasteiger partial charge in [0.25, 0.3) is 6.43 Å². The monoisotopic (exact) mass is 338 g/mol. The molecule has 1 aromatic carbocycles. The predicted molar refractivity (Wildman–Crippen MR) is 82.0 cm³/mol. The summed E-state index contributed by atoms with van der Waals surface area (Å²) in [6.45, 7) is 1.71. The molecule has 0 bridgehead atoms. The van der Waals surface area contributed by atoms with Gasteiger partial charge in [-0.3, -0.25) is 0 Å². The first-order chi connectivity index (χ1) is 11.0. The van der Waals surface area contributed by atoms with Crippen molar-refractivity contribution in [3.63, 3.8) is 0 Å². The third-order valence-corrected chi connectivity index (χ3v) is 4.21. The van der Waals surface area contributed by atoms with Gasteiger partial charge in [-0.05, 0) is 42.5 Å². The average Bonchev–Trinajstić information content (AvgIpc) is 2.90. The van der Waals surface area contributed by atoms with Gasteiger partial charge in [-0.15, -0.1) is 10.2 Å². The molecule has 0 fully saturated rings. The molecule has 0 radical (unpaired) electrons. The largest absolute Gasteiger partial charge is 0.504 e. The van der Waals surface area contributed by atoms with Gasteiger partial charge in [0, 0.05) is 4.91 Å². The number of benzene rings is 1. The van der Waals surface area contributed by atoms with Crippen LogP contribution < -0.4 is 4.74 Å². The summed E-state index contributed by atoms with van der Waals surface area (Å²) in [5, 5.41) is 21.4. The van der Waals surface area contributed by atoms with Crippen molar-refractivity contribution in [1.29, 1.82) is 0 Å². The van der Waals surface area contributed by atoms with Crippen LogP contribution in [0.2, 0.25) is 0 Å². The van der Waals surface area contributed by atoms with Crippen molar-refractivity contribution >= 4 is 23.5 Å². The number of hydrogen-bond acceptors (Lipinski definition) is 6. The highest BCUT2D eigenvalue weighted by Crippen LogP contribution is 2.35. The van der Waals surface area contributed by atoms with Crippen LogP contribution in [0.15, 0.2) is 33.4 Å². The van der Waals surface area contributed by atoms with Crippen LogP contribution in [0.3, 0.4) is 0 Å². The second-order valence-corrected chi connectivity index (χ2v) is 5.69. The van der Waals surface area contributed by atoms with Crippen LogP contribution in [0.4, 0.5) is 8.78 Å². The quantitative estimate of drug-likeness (QED) is 0.929. The predicted octanol–water partition coefficient (Wildman–Crippen LogP) is 3.30. The molecule has 0 spiro atoms. The van der Waals surface area contributed by atoms with Crippen LogP contribution in [-0.2, 0) is 0 Å². The van der Waals surface area contributed by atoms with E-state index >= 15 is 0 Å². The molecule has 1 aliphatic rings. The van der Waals surface area contributed by atoms with Crippen molar-refractivity contribution < 1.29 is 18.6 Å². The van der Waals surface area contributed by atoms with Crippen molar-refractivity contribution in [2.45, 2.75) is 18.5 Å². The van der Waals surface area contributed by atoms with Crippen LogP contribution in [0, 0.1) is 0 Å². The van der Waals surface area contributed by atoms with Gasteiger partial charge in [0.15, 0.2) is 11.5 Å². The molecule has 120 valence electrons. The molecule has 1 aliphatic heterocycles. The number of halogens is 2. The number of nitrogens with zero attached hydrogens (tertiary/aromatic N) is 4. The van der Waals surface area contributed by atoms with Crippen LogP contribution in [0.25, 0.3) is 6.08 Å². The van der Waals surface area contributed by atoms with Gasteiger partial charge in [-0.1, -0.05) is 6.07 Å². The standard InChI is InChI=1S/C14H12F2N4O2S/c1-7-11(6-8-3-4-10(22-2)9(21)5-8)23-14-18-17-13(12(15)16)20(14)19-7/h3-6,12,21H,1-2H3. The Labute approximate surface area is 134 Å². The molecule has 0 saturated carbocycles. The van der Waals surface area contributed by atoms with Crippen molar-refractivity contribution in [1.82, 2.24) is 14.9 Å². The number of phenolic OH excluding ortho intramolecular Hbond substituents is 1. The highest BCUT2D eigenvalue weighted by atomic mass is 32.2. The van der Waals surface area contributed by atoms with E-state index < -0.39 is 12.2 Å². The van der Waals surface area contributed by atoms with Crippen LogP contribution in [-0.4, -0.2) is 32.8 Å². The molecule has 23 heavy (non-hydrogen) atoms. The summed E-state index contributed by atoms with van der Waals surface area (Å²) in [5.41, 5.74) is 1.28. The van der Waals surface area contributed by atoms with Crippen molar-refractivity contribution in [3.05, 3.63) is 34.5 Å². The Morgan fingerprint density at radius 3 is 2.78 bits per heavy atom. The maximum absolute atomic E-state index is 12.8. The Morgan fingerprint density at radius 1 is 1.35 bits per heavy atom. The lowest BCUT2D eigenvalue weighted by molar-refractivity contribution is 0.135. The number of allylic oxidation sites excluding steroid dienone is 1. The number of fused-ring (bicyclic) bond motifs is 1. The molecular weight excluding hydrogens is 326 g/mol. The summed E-state index contributed by atoms with van der Waals surface area (Å²) < 4.78 is 31.7. The molecule has 9 heteroatoms. The topological polar surface area (TPSA) is 72.5 Å². The normalized spacial score (nSPS) is 15.7. The second kappa shape index (κ2) is 5.99. The number of aromatic hydroxyl groups is 1. The van der Waals surface area contributed by atoms with Gasteiger partial charge in [0.2, 0.25) is 11.0 Å². The molecule has 1 N–H and O–H groups in total. The summed E-state index contributed by atoms with van der Waals surface area (Å²) >= 11 is 1.19. The zero-order valence-corrected chi connectivity index (χ0v) is 13.0. The smallest absolute Gasteiger partial charge is 0.299 e. The summed E-state index contributed by atoms with van der Waals surface area (Å²) in [5.74, 6) is -0.0939. The number of ether oxygens (including phenoxy) is 1. The van der Waals surface area contributed by atoms with E-state index in [1.54, 1.807) is 31.2 Å². The summed E-state index contributed by atoms with van der Waals surface area (Å²) in [4.78, 5) is 0.732. The number of rotatable bonds is 3. The molecule has 3 rings (SSSR count). The third kappa shape index (κ3) is 2.91. The SMILES string of the molecule is COc1ccc(C=C2Sc3nnc(C(F)F)n3N=C2C)cc1O. The number of hydrogen-bond donors (Lipinski definition) is 1. The van der Waals surface area contributed by atoms with E-state index in [0.29, 0.717) is 11.5 Å². The van der Waals surface area contributed by atoms with E-state index in [9.17, 15) is 13.9 Å². The van der Waals surface area contributed by atoms with Crippen molar-refractivity contribution in [2.75, 3.05) is 7.11 Å². The summed E-state index contributed by atoms with van der Waals surface area (Å²) in [7, 11) is 1.47. The molecule has 0 aliphatic carbocycles. The van der Waals surface area contributed by atoms with Gasteiger partial charge in [0.05, 0.1) is 12.8 Å². The fourth-order valence-electron chi connectivity index (χ4n) is 2.02. The molecule has 0 saturated heterocycles. The Hall–Kier alpha value is -2.42. The molecule has 0 amide bonds. The molecule has 0 unspecified atom stereocenters. The van der Waals surface area contributed by atoms with E-state index in [-0.39, 0.29) is 10.9 Å². The summed E-state index contributed by atoms with van der Waals surface area (Å²) in [6.07, 6.45) is -0.958. The van der Waals surface area contributed by atoms with Crippen LogP contribution in [0.1, 0.15) is 24.7 Å². The Kier molecular flexibility index (Phi) is 4.03. The van der Waals surface area contributed by atoms with E-state index in [1.807, 2.05) is 0 Å². The van der Waals surface area contributed by atoms with Gasteiger partial charge in [0.1, 0.15) is 0 Å². The van der Waals surface area contributed by atoms with E-state index in [1.165, 1.54) is 18.9 Å². The van der Waals surface area contributed by atoms with Gasteiger partial charge in [-0.2, -0.15) is 9.78 Å². The zero-order valence-electron chi connectivity index (χ0n) is 12.2. The zero-order chi connectivity index (χ0) is 16.6. The van der Waals surface area contributed by atoms with Gasteiger partial charge < -0.3 is 9.84 Å². The molecular formula is C14H12F2N4O2S. The maximum Gasteiger partial charge on any atom is 0.299 e. The Morgan fingerprint density at radius 2 is 2.13 bits per heavy atom. The first-order valence-corrected chi connectivity index (χ1v) is 7.37. The lowest BCUT2D eigenvalue weighted by Crippen LogP contribution is -2.09. The van der Waals surface area contributed by atoms with Crippen molar-refractivity contribution in [2.24, 2.45) is 5.10 Å². The number of methoxy groups -OCH3 is 1. The van der Waals surface area contributed by atoms with Gasteiger partial charge in [-0.25, -0.2) is 8.78 Å². The second-order valence-electron chi connectivity index (χ2n) is 4.68. The molecule has 2 heterocycles. The average molecular weight is 338 g/mol. The minimum absolute atomic E-state index is 0.0143. The number of thioether (sulfide) groups is 1. The van der Waals surface area contributed by atoms with Crippen LogP contribution >= 0.6 is 11.8 Å². The van der Waals surface area contributed by atoms with Crippen molar-refractivity contribution in [3.8, 4) is 11.5 Å².